The molecule has 1 N–H and O–H groups in total. The zero-order valence-electron chi connectivity index (χ0n) is 21.5. The monoisotopic (exact) mass is 496 g/mol. The lowest BCUT2D eigenvalue weighted by Gasteiger charge is -2.37. The van der Waals surface area contributed by atoms with E-state index in [4.69, 9.17) is 10.1 Å². The summed E-state index contributed by atoms with van der Waals surface area (Å²) in [6.07, 6.45) is 7.28. The minimum Gasteiger partial charge on any atom is -0.336 e. The number of carbonyl (C=O) groups excluding carboxylic acids is 1. The van der Waals surface area contributed by atoms with Crippen LogP contribution >= 0.6 is 0 Å². The summed E-state index contributed by atoms with van der Waals surface area (Å²) < 4.78 is 1.89. The van der Waals surface area contributed by atoms with Crippen molar-refractivity contribution in [2.24, 2.45) is 0 Å². The largest absolute Gasteiger partial charge is 0.336 e. The van der Waals surface area contributed by atoms with Crippen LogP contribution in [0.5, 0.6) is 0 Å². The Hall–Kier alpha value is -4.11. The van der Waals surface area contributed by atoms with Gasteiger partial charge in [0, 0.05) is 85.9 Å². The number of rotatable bonds is 7. The van der Waals surface area contributed by atoms with E-state index < -0.39 is 0 Å². The Labute approximate surface area is 217 Å². The van der Waals surface area contributed by atoms with Crippen LogP contribution in [0.3, 0.4) is 0 Å². The Balaban J connectivity index is 1.30. The average Bonchev–Trinajstić information content (AvgIpc) is 3.39. The van der Waals surface area contributed by atoms with Crippen molar-refractivity contribution in [1.82, 2.24) is 34.5 Å². The molecule has 1 aliphatic heterocycles. The molecule has 1 fully saturated rings. The van der Waals surface area contributed by atoms with Gasteiger partial charge >= 0.3 is 0 Å². The smallest absolute Gasteiger partial charge is 0.253 e. The SMILES string of the molecule is CCn1cc(-c2ccnc(Nc3ccc(C(=O)N4CCN(C(C)C)CC4)cc3)n2)c(-c2cccnc2)n1. The third-order valence-corrected chi connectivity index (χ3v) is 6.67. The first-order chi connectivity index (χ1) is 18.0. The van der Waals surface area contributed by atoms with Crippen LogP contribution in [0.4, 0.5) is 11.6 Å². The quantitative estimate of drug-likeness (QED) is 0.407. The molecule has 0 spiro atoms. The number of aryl methyl sites for hydroxylation is 1. The van der Waals surface area contributed by atoms with Crippen molar-refractivity contribution in [2.75, 3.05) is 31.5 Å². The molecule has 0 bridgehead atoms. The molecule has 1 saturated heterocycles. The van der Waals surface area contributed by atoms with Gasteiger partial charge in [-0.25, -0.2) is 9.97 Å². The maximum atomic E-state index is 13.0. The van der Waals surface area contributed by atoms with Gasteiger partial charge in [-0.1, -0.05) is 0 Å². The first-order valence-electron chi connectivity index (χ1n) is 12.7. The fourth-order valence-corrected chi connectivity index (χ4v) is 4.51. The first-order valence-corrected chi connectivity index (χ1v) is 12.7. The van der Waals surface area contributed by atoms with Crippen LogP contribution in [-0.4, -0.2) is 72.7 Å². The number of aromatic nitrogens is 5. The fourth-order valence-electron chi connectivity index (χ4n) is 4.51. The van der Waals surface area contributed by atoms with Crippen molar-refractivity contribution in [2.45, 2.75) is 33.4 Å². The van der Waals surface area contributed by atoms with Crippen LogP contribution < -0.4 is 5.32 Å². The van der Waals surface area contributed by atoms with Gasteiger partial charge in [-0.15, -0.1) is 0 Å². The standard InChI is InChI=1S/C28H32N8O/c1-4-36-19-24(26(33-36)22-6-5-12-29-18-22)25-11-13-30-28(32-25)31-23-9-7-21(8-10-23)27(37)35-16-14-34(15-17-35)20(2)3/h5-13,18-20H,4,14-17H2,1-3H3,(H,30,31,32). The molecule has 4 aromatic rings. The highest BCUT2D eigenvalue weighted by atomic mass is 16.2. The van der Waals surface area contributed by atoms with E-state index in [1.807, 2.05) is 58.2 Å². The number of piperazine rings is 1. The summed E-state index contributed by atoms with van der Waals surface area (Å²) in [5.41, 5.74) is 4.95. The van der Waals surface area contributed by atoms with Gasteiger partial charge in [0.05, 0.1) is 5.69 Å². The van der Waals surface area contributed by atoms with E-state index >= 15 is 0 Å². The van der Waals surface area contributed by atoms with Gasteiger partial charge in [0.25, 0.3) is 5.91 Å². The van der Waals surface area contributed by atoms with Crippen LogP contribution in [0.2, 0.25) is 0 Å². The molecule has 0 aliphatic carbocycles. The van der Waals surface area contributed by atoms with E-state index in [1.165, 1.54) is 0 Å². The lowest BCUT2D eigenvalue weighted by molar-refractivity contribution is 0.0595. The molecule has 0 saturated carbocycles. The maximum Gasteiger partial charge on any atom is 0.253 e. The second-order valence-corrected chi connectivity index (χ2v) is 9.38. The van der Waals surface area contributed by atoms with Crippen molar-refractivity contribution >= 4 is 17.5 Å². The predicted octanol–water partition coefficient (Wildman–Crippen LogP) is 4.33. The summed E-state index contributed by atoms with van der Waals surface area (Å²) >= 11 is 0. The lowest BCUT2D eigenvalue weighted by atomic mass is 10.1. The zero-order valence-corrected chi connectivity index (χ0v) is 21.5. The summed E-state index contributed by atoms with van der Waals surface area (Å²) in [5, 5.41) is 7.99. The van der Waals surface area contributed by atoms with E-state index in [-0.39, 0.29) is 5.91 Å². The number of carbonyl (C=O) groups is 1. The van der Waals surface area contributed by atoms with Gasteiger partial charge in [-0.05, 0) is 63.2 Å². The Bertz CT molecular complexity index is 1340. The Morgan fingerprint density at radius 1 is 1.03 bits per heavy atom. The van der Waals surface area contributed by atoms with Crippen molar-refractivity contribution in [3.8, 4) is 22.5 Å². The number of anilines is 2. The normalized spacial score (nSPS) is 14.2. The zero-order chi connectivity index (χ0) is 25.8. The van der Waals surface area contributed by atoms with Crippen LogP contribution in [-0.2, 0) is 6.54 Å². The second-order valence-electron chi connectivity index (χ2n) is 9.38. The van der Waals surface area contributed by atoms with Crippen molar-refractivity contribution < 1.29 is 4.79 Å². The van der Waals surface area contributed by atoms with Gasteiger partial charge in [0.15, 0.2) is 0 Å². The number of nitrogens with zero attached hydrogens (tertiary/aromatic N) is 7. The second kappa shape index (κ2) is 10.9. The minimum atomic E-state index is 0.0732. The van der Waals surface area contributed by atoms with Gasteiger partial charge in [-0.2, -0.15) is 5.10 Å². The van der Waals surface area contributed by atoms with Crippen LogP contribution in [0.1, 0.15) is 31.1 Å². The molecule has 190 valence electrons. The number of pyridine rings is 1. The van der Waals surface area contributed by atoms with E-state index in [1.54, 1.807) is 18.6 Å². The van der Waals surface area contributed by atoms with E-state index in [2.05, 4.69) is 41.0 Å². The van der Waals surface area contributed by atoms with Gasteiger partial charge in [0.1, 0.15) is 5.69 Å². The molecule has 0 unspecified atom stereocenters. The highest BCUT2D eigenvalue weighted by Crippen LogP contribution is 2.30. The lowest BCUT2D eigenvalue weighted by Crippen LogP contribution is -2.50. The van der Waals surface area contributed by atoms with Crippen molar-refractivity contribution in [1.29, 1.82) is 0 Å². The van der Waals surface area contributed by atoms with Gasteiger partial charge in [-0.3, -0.25) is 19.4 Å². The number of hydrogen-bond acceptors (Lipinski definition) is 7. The maximum absolute atomic E-state index is 13.0. The average molecular weight is 497 g/mol. The molecule has 5 rings (SSSR count). The molecule has 4 heterocycles. The van der Waals surface area contributed by atoms with Crippen molar-refractivity contribution in [3.05, 3.63) is 72.8 Å². The number of amides is 1. The molecular weight excluding hydrogens is 464 g/mol. The molecule has 0 radical (unpaired) electrons. The molecule has 1 aliphatic rings. The third-order valence-electron chi connectivity index (χ3n) is 6.67. The summed E-state index contributed by atoms with van der Waals surface area (Å²) in [5.74, 6) is 0.548. The molecular formula is C28H32N8O. The highest BCUT2D eigenvalue weighted by molar-refractivity contribution is 5.94. The molecule has 9 nitrogen and oxygen atoms in total. The number of benzene rings is 1. The van der Waals surface area contributed by atoms with Crippen LogP contribution in [0.25, 0.3) is 22.5 Å². The molecule has 37 heavy (non-hydrogen) atoms. The molecule has 3 aromatic heterocycles. The molecule has 1 aromatic carbocycles. The highest BCUT2D eigenvalue weighted by Gasteiger charge is 2.23. The Morgan fingerprint density at radius 3 is 2.49 bits per heavy atom. The summed E-state index contributed by atoms with van der Waals surface area (Å²) in [6.45, 7) is 10.5. The number of nitrogens with one attached hydrogen (secondary N) is 1. The molecule has 9 heteroatoms. The van der Waals surface area contributed by atoms with Crippen LogP contribution in [0.15, 0.2) is 67.3 Å². The van der Waals surface area contributed by atoms with Crippen molar-refractivity contribution in [3.63, 3.8) is 0 Å². The Morgan fingerprint density at radius 2 is 1.81 bits per heavy atom. The summed E-state index contributed by atoms with van der Waals surface area (Å²) in [6, 6.07) is 13.8. The Kier molecular flexibility index (Phi) is 7.23. The predicted molar refractivity (Wildman–Crippen MR) is 144 cm³/mol. The topological polar surface area (TPSA) is 92.1 Å². The van der Waals surface area contributed by atoms with Gasteiger partial charge < -0.3 is 10.2 Å². The minimum absolute atomic E-state index is 0.0732. The molecule has 1 amide bonds. The number of hydrogen-bond donors (Lipinski definition) is 1. The van der Waals surface area contributed by atoms with Gasteiger partial charge in [0.2, 0.25) is 5.95 Å². The fraction of sp³-hybridized carbons (Fsp3) is 0.321. The van der Waals surface area contributed by atoms with E-state index in [9.17, 15) is 4.79 Å². The van der Waals surface area contributed by atoms with E-state index in [0.29, 0.717) is 17.6 Å². The summed E-state index contributed by atoms with van der Waals surface area (Å²) in [7, 11) is 0. The third kappa shape index (κ3) is 5.51. The van der Waals surface area contributed by atoms with Crippen LogP contribution in [0, 0.1) is 0 Å². The summed E-state index contributed by atoms with van der Waals surface area (Å²) in [4.78, 5) is 30.7. The van der Waals surface area contributed by atoms with E-state index in [0.717, 1.165) is 60.9 Å². The first kappa shape index (κ1) is 24.6. The molecule has 0 atom stereocenters.